The van der Waals surface area contributed by atoms with Crippen LogP contribution in [0.4, 0.5) is 19.1 Å². The predicted molar refractivity (Wildman–Crippen MR) is 114 cm³/mol. The van der Waals surface area contributed by atoms with Crippen LogP contribution in [0.1, 0.15) is 48.2 Å². The smallest absolute Gasteiger partial charge is 0.350 e. The largest absolute Gasteiger partial charge is 0.419 e. The monoisotopic (exact) mass is 457 g/mol. The molecule has 0 aromatic carbocycles. The fourth-order valence-corrected chi connectivity index (χ4v) is 4.13. The minimum Gasteiger partial charge on any atom is -0.350 e. The molecule has 11 heteroatoms. The zero-order valence-electron chi connectivity index (χ0n) is 18.1. The van der Waals surface area contributed by atoms with Crippen LogP contribution in [0.2, 0.25) is 0 Å². The van der Waals surface area contributed by atoms with E-state index in [1.807, 2.05) is 0 Å². The van der Waals surface area contributed by atoms with E-state index in [-0.39, 0.29) is 17.7 Å². The van der Waals surface area contributed by atoms with E-state index < -0.39 is 11.7 Å². The Hall–Kier alpha value is -3.34. The summed E-state index contributed by atoms with van der Waals surface area (Å²) >= 11 is 0. The molecule has 0 radical (unpaired) electrons. The van der Waals surface area contributed by atoms with Crippen LogP contribution < -0.4 is 10.6 Å². The summed E-state index contributed by atoms with van der Waals surface area (Å²) < 4.78 is 46.5. The second kappa shape index (κ2) is 8.22. The van der Waals surface area contributed by atoms with E-state index in [9.17, 15) is 13.2 Å². The maximum atomic E-state index is 13.8. The van der Waals surface area contributed by atoms with E-state index in [1.54, 1.807) is 25.1 Å². The highest BCUT2D eigenvalue weighted by Crippen LogP contribution is 2.39. The average molecular weight is 457 g/mol. The molecule has 172 valence electrons. The first-order valence-electron chi connectivity index (χ1n) is 10.7. The van der Waals surface area contributed by atoms with Crippen LogP contribution in [0, 0.1) is 6.92 Å². The second-order valence-corrected chi connectivity index (χ2v) is 8.33. The number of fused-ring (bicyclic) bond motifs is 1. The van der Waals surface area contributed by atoms with Crippen molar-refractivity contribution in [1.29, 1.82) is 0 Å². The Morgan fingerprint density at radius 1 is 1.15 bits per heavy atom. The van der Waals surface area contributed by atoms with Gasteiger partial charge in [-0.2, -0.15) is 18.2 Å². The SMILES string of the molecule is Cc1nc(-c2ccc3c(n2)CC=C3c2nc(N[C@H]3CC[C@H](C)NC3)ncc2C(F)(F)F)no1. The Kier molecular flexibility index (Phi) is 5.35. The first-order valence-corrected chi connectivity index (χ1v) is 10.7. The second-order valence-electron chi connectivity index (χ2n) is 8.33. The first kappa shape index (κ1) is 21.5. The molecule has 2 aliphatic rings. The van der Waals surface area contributed by atoms with Gasteiger partial charge in [0.1, 0.15) is 11.3 Å². The van der Waals surface area contributed by atoms with E-state index >= 15 is 0 Å². The molecule has 33 heavy (non-hydrogen) atoms. The molecule has 1 aliphatic carbocycles. The number of aryl methyl sites for hydroxylation is 1. The number of hydrogen-bond donors (Lipinski definition) is 2. The molecule has 2 N–H and O–H groups in total. The zero-order chi connectivity index (χ0) is 23.2. The van der Waals surface area contributed by atoms with E-state index in [1.165, 1.54) is 0 Å². The van der Waals surface area contributed by atoms with Crippen LogP contribution in [-0.2, 0) is 12.6 Å². The van der Waals surface area contributed by atoms with Crippen LogP contribution in [-0.4, -0.2) is 43.7 Å². The molecule has 1 aliphatic heterocycles. The van der Waals surface area contributed by atoms with Gasteiger partial charge in [0.25, 0.3) is 0 Å². The number of piperidine rings is 1. The number of rotatable bonds is 4. The third-order valence-corrected chi connectivity index (χ3v) is 5.86. The van der Waals surface area contributed by atoms with Crippen molar-refractivity contribution < 1.29 is 17.7 Å². The maximum absolute atomic E-state index is 13.8. The number of halogens is 3. The minimum absolute atomic E-state index is 0.0540. The lowest BCUT2D eigenvalue weighted by Crippen LogP contribution is -2.43. The third kappa shape index (κ3) is 4.32. The van der Waals surface area contributed by atoms with Crippen molar-refractivity contribution in [1.82, 2.24) is 30.4 Å². The molecule has 0 amide bonds. The van der Waals surface area contributed by atoms with Gasteiger partial charge < -0.3 is 15.2 Å². The fourth-order valence-electron chi connectivity index (χ4n) is 4.13. The van der Waals surface area contributed by atoms with Gasteiger partial charge in [-0.25, -0.2) is 15.0 Å². The van der Waals surface area contributed by atoms with E-state index in [0.29, 0.717) is 53.2 Å². The number of hydrogen-bond acceptors (Lipinski definition) is 8. The summed E-state index contributed by atoms with van der Waals surface area (Å²) in [6.07, 6.45) is 0.221. The van der Waals surface area contributed by atoms with Gasteiger partial charge in [-0.1, -0.05) is 17.3 Å². The minimum atomic E-state index is -4.59. The molecule has 5 rings (SSSR count). The predicted octanol–water partition coefficient (Wildman–Crippen LogP) is 3.79. The van der Waals surface area contributed by atoms with Crippen LogP contribution in [0.25, 0.3) is 17.1 Å². The summed E-state index contributed by atoms with van der Waals surface area (Å²) in [5.74, 6) is 0.925. The molecule has 0 spiro atoms. The molecule has 3 aromatic rings. The van der Waals surface area contributed by atoms with Crippen molar-refractivity contribution in [3.63, 3.8) is 0 Å². The van der Waals surface area contributed by atoms with Crippen molar-refractivity contribution in [2.75, 3.05) is 11.9 Å². The highest BCUT2D eigenvalue weighted by molar-refractivity contribution is 5.84. The lowest BCUT2D eigenvalue weighted by atomic mass is 10.0. The number of anilines is 1. The van der Waals surface area contributed by atoms with Crippen molar-refractivity contribution >= 4 is 11.5 Å². The van der Waals surface area contributed by atoms with E-state index in [2.05, 4.69) is 42.6 Å². The number of pyridine rings is 1. The van der Waals surface area contributed by atoms with Gasteiger partial charge in [0.2, 0.25) is 17.7 Å². The zero-order valence-corrected chi connectivity index (χ0v) is 18.1. The molecule has 4 heterocycles. The van der Waals surface area contributed by atoms with Crippen molar-refractivity contribution in [2.24, 2.45) is 0 Å². The Morgan fingerprint density at radius 2 is 2.00 bits per heavy atom. The molecular formula is C22H22F3N7O. The van der Waals surface area contributed by atoms with Gasteiger partial charge in [-0.3, -0.25) is 0 Å². The van der Waals surface area contributed by atoms with Gasteiger partial charge in [0.15, 0.2) is 0 Å². The summed E-state index contributed by atoms with van der Waals surface area (Å²) in [4.78, 5) is 17.0. The van der Waals surface area contributed by atoms with E-state index in [4.69, 9.17) is 4.52 Å². The molecule has 3 aromatic heterocycles. The number of allylic oxidation sites excluding steroid dienone is 1. The van der Waals surface area contributed by atoms with Gasteiger partial charge in [0.05, 0.1) is 11.4 Å². The molecule has 0 unspecified atom stereocenters. The summed E-state index contributed by atoms with van der Waals surface area (Å²) in [5.41, 5.74) is 1.10. The fraction of sp³-hybridized carbons (Fsp3) is 0.409. The van der Waals surface area contributed by atoms with Crippen molar-refractivity contribution in [3.05, 3.63) is 52.8 Å². The van der Waals surface area contributed by atoms with Gasteiger partial charge in [-0.15, -0.1) is 0 Å². The maximum Gasteiger partial charge on any atom is 0.419 e. The summed E-state index contributed by atoms with van der Waals surface area (Å²) in [6.45, 7) is 4.48. The number of alkyl halides is 3. The van der Waals surface area contributed by atoms with Crippen LogP contribution in [0.15, 0.2) is 28.9 Å². The number of aromatic nitrogens is 5. The summed E-state index contributed by atoms with van der Waals surface area (Å²) in [7, 11) is 0. The molecule has 0 saturated carbocycles. The molecule has 2 atom stereocenters. The third-order valence-electron chi connectivity index (χ3n) is 5.86. The van der Waals surface area contributed by atoms with Crippen LogP contribution in [0.3, 0.4) is 0 Å². The first-order chi connectivity index (χ1) is 15.8. The molecule has 1 saturated heterocycles. The summed E-state index contributed by atoms with van der Waals surface area (Å²) in [6, 6.07) is 3.87. The molecule has 0 bridgehead atoms. The quantitative estimate of drug-likeness (QED) is 0.610. The molecule has 8 nitrogen and oxygen atoms in total. The number of nitrogens with one attached hydrogen (secondary N) is 2. The average Bonchev–Trinajstić information content (AvgIpc) is 3.40. The molecule has 1 fully saturated rings. The molecular weight excluding hydrogens is 435 g/mol. The Balaban J connectivity index is 1.48. The van der Waals surface area contributed by atoms with Gasteiger partial charge in [-0.05, 0) is 25.8 Å². The highest BCUT2D eigenvalue weighted by atomic mass is 19.4. The lowest BCUT2D eigenvalue weighted by Gasteiger charge is -2.28. The van der Waals surface area contributed by atoms with Gasteiger partial charge in [0, 0.05) is 49.3 Å². The highest BCUT2D eigenvalue weighted by Gasteiger charge is 2.37. The standard InChI is InChI=1S/C22H22F3N7O/c1-11-3-4-13(9-26-11)29-21-27-10-16(22(23,24)25)19(31-21)15-6-7-17-14(15)5-8-18(30-17)20-28-12(2)33-32-20/h5-6,8,10-11,13,26H,3-4,7,9H2,1-2H3,(H,27,29,31)/t11-,13-/m0/s1. The van der Waals surface area contributed by atoms with Crippen LogP contribution in [0.5, 0.6) is 0 Å². The lowest BCUT2D eigenvalue weighted by molar-refractivity contribution is -0.138. The van der Waals surface area contributed by atoms with E-state index in [0.717, 1.165) is 19.0 Å². The van der Waals surface area contributed by atoms with Crippen LogP contribution >= 0.6 is 0 Å². The number of nitrogens with zero attached hydrogens (tertiary/aromatic N) is 5. The normalized spacial score (nSPS) is 20.5. The Labute approximate surface area is 187 Å². The summed E-state index contributed by atoms with van der Waals surface area (Å²) in [5, 5.41) is 10.4. The topological polar surface area (TPSA) is 102 Å². The van der Waals surface area contributed by atoms with Gasteiger partial charge >= 0.3 is 6.18 Å². The van der Waals surface area contributed by atoms with Crippen molar-refractivity contribution in [2.45, 2.75) is 51.4 Å². The van der Waals surface area contributed by atoms with Crippen molar-refractivity contribution in [3.8, 4) is 11.5 Å². The Morgan fingerprint density at radius 3 is 2.70 bits per heavy atom. The Bertz CT molecular complexity index is 1210.